The second kappa shape index (κ2) is 10.3. The quantitative estimate of drug-likeness (QED) is 0.466. The van der Waals surface area contributed by atoms with E-state index in [1.54, 1.807) is 0 Å². The molecule has 0 heterocycles. The number of hydrogen-bond acceptors (Lipinski definition) is 4. The summed E-state index contributed by atoms with van der Waals surface area (Å²) < 4.78 is 18.7. The predicted molar refractivity (Wildman–Crippen MR) is 84.2 cm³/mol. The number of ether oxygens (including phenoxy) is 1. The molecular weight excluding hydrogens is 319 g/mol. The van der Waals surface area contributed by atoms with Gasteiger partial charge in [0, 0.05) is 6.42 Å². The Morgan fingerprint density at radius 2 is 1.79 bits per heavy atom. The van der Waals surface area contributed by atoms with Crippen molar-refractivity contribution in [2.45, 2.75) is 64.5 Å². The summed E-state index contributed by atoms with van der Waals surface area (Å²) in [7, 11) is 0. The van der Waals surface area contributed by atoms with Crippen LogP contribution in [0.5, 0.6) is 0 Å². The fourth-order valence-electron chi connectivity index (χ4n) is 3.10. The third-order valence-corrected chi connectivity index (χ3v) is 4.62. The third-order valence-electron chi connectivity index (χ3n) is 4.62. The number of carbonyl (C=O) groups excluding carboxylic acids is 1. The Hall–Kier alpha value is -1.66. The zero-order chi connectivity index (χ0) is 18.1. The van der Waals surface area contributed by atoms with Crippen LogP contribution in [0, 0.1) is 17.8 Å². The molecule has 138 valence electrons. The van der Waals surface area contributed by atoms with Crippen LogP contribution in [0.3, 0.4) is 0 Å². The van der Waals surface area contributed by atoms with Gasteiger partial charge in [0.2, 0.25) is 0 Å². The SMILES string of the molecule is CCCCCC(F)CCOC(=O)C1CCC(C(=O)O)CC1C(=O)O. The number of esters is 1. The molecular formula is C17H27FO6. The standard InChI is InChI=1S/C17H27FO6/c1-2-3-4-5-12(18)8-9-24-17(23)13-7-6-11(15(19)20)10-14(13)16(21)22/h11-14H,2-10H2,1H3,(H,19,20)(H,21,22). The average Bonchev–Trinajstić information content (AvgIpc) is 2.54. The van der Waals surface area contributed by atoms with Crippen molar-refractivity contribution in [2.75, 3.05) is 6.61 Å². The molecule has 0 spiro atoms. The Morgan fingerprint density at radius 3 is 2.38 bits per heavy atom. The largest absolute Gasteiger partial charge is 0.481 e. The minimum absolute atomic E-state index is 0.0721. The van der Waals surface area contributed by atoms with Crippen LogP contribution in [0.15, 0.2) is 0 Å². The van der Waals surface area contributed by atoms with Crippen molar-refractivity contribution in [3.8, 4) is 0 Å². The van der Waals surface area contributed by atoms with Gasteiger partial charge in [-0.3, -0.25) is 14.4 Å². The van der Waals surface area contributed by atoms with Gasteiger partial charge in [-0.2, -0.15) is 0 Å². The number of carboxylic acid groups (broad SMARTS) is 2. The molecule has 4 atom stereocenters. The van der Waals surface area contributed by atoms with Crippen LogP contribution in [-0.2, 0) is 19.1 Å². The number of carboxylic acids is 2. The summed E-state index contributed by atoms with van der Waals surface area (Å²) in [6.45, 7) is 1.96. The van der Waals surface area contributed by atoms with E-state index in [1.807, 2.05) is 6.92 Å². The molecule has 0 amide bonds. The molecule has 1 saturated carbocycles. The highest BCUT2D eigenvalue weighted by atomic mass is 19.1. The summed E-state index contributed by atoms with van der Waals surface area (Å²) in [5, 5.41) is 18.2. The van der Waals surface area contributed by atoms with E-state index in [9.17, 15) is 23.9 Å². The highest BCUT2D eigenvalue weighted by Crippen LogP contribution is 2.35. The van der Waals surface area contributed by atoms with E-state index in [1.165, 1.54) is 0 Å². The summed E-state index contributed by atoms with van der Waals surface area (Å²) in [4.78, 5) is 34.4. The number of rotatable bonds is 10. The molecule has 0 aromatic heterocycles. The van der Waals surface area contributed by atoms with E-state index >= 15 is 0 Å². The van der Waals surface area contributed by atoms with Crippen molar-refractivity contribution in [3.05, 3.63) is 0 Å². The van der Waals surface area contributed by atoms with Gasteiger partial charge in [-0.15, -0.1) is 0 Å². The Labute approximate surface area is 141 Å². The first kappa shape index (κ1) is 20.4. The van der Waals surface area contributed by atoms with Crippen LogP contribution in [0.1, 0.15) is 58.3 Å². The lowest BCUT2D eigenvalue weighted by Crippen LogP contribution is -2.38. The van der Waals surface area contributed by atoms with E-state index < -0.39 is 41.8 Å². The number of alkyl halides is 1. The molecule has 0 bridgehead atoms. The topological polar surface area (TPSA) is 101 Å². The first-order valence-corrected chi connectivity index (χ1v) is 8.63. The summed E-state index contributed by atoms with van der Waals surface area (Å²) in [5.41, 5.74) is 0. The maximum Gasteiger partial charge on any atom is 0.309 e. The number of hydrogen-bond donors (Lipinski definition) is 2. The zero-order valence-electron chi connectivity index (χ0n) is 14.1. The van der Waals surface area contributed by atoms with Gasteiger partial charge in [0.1, 0.15) is 6.17 Å². The Kier molecular flexibility index (Phi) is 8.71. The average molecular weight is 346 g/mol. The van der Waals surface area contributed by atoms with Crippen molar-refractivity contribution in [3.63, 3.8) is 0 Å². The monoisotopic (exact) mass is 346 g/mol. The smallest absolute Gasteiger partial charge is 0.309 e. The molecule has 1 fully saturated rings. The van der Waals surface area contributed by atoms with Gasteiger partial charge in [-0.25, -0.2) is 4.39 Å². The maximum atomic E-state index is 13.6. The minimum Gasteiger partial charge on any atom is -0.481 e. The van der Waals surface area contributed by atoms with Crippen LogP contribution >= 0.6 is 0 Å². The lowest BCUT2D eigenvalue weighted by atomic mass is 9.74. The fourth-order valence-corrected chi connectivity index (χ4v) is 3.10. The zero-order valence-corrected chi connectivity index (χ0v) is 14.1. The number of halogens is 1. The highest BCUT2D eigenvalue weighted by molar-refractivity contribution is 5.82. The normalized spacial score (nSPS) is 25.0. The second-order valence-corrected chi connectivity index (χ2v) is 6.45. The molecule has 2 N–H and O–H groups in total. The van der Waals surface area contributed by atoms with E-state index in [0.29, 0.717) is 6.42 Å². The first-order valence-electron chi connectivity index (χ1n) is 8.63. The van der Waals surface area contributed by atoms with E-state index in [2.05, 4.69) is 0 Å². The molecule has 1 rings (SSSR count). The summed E-state index contributed by atoms with van der Waals surface area (Å²) in [6.07, 6.45) is 2.64. The van der Waals surface area contributed by atoms with Crippen LogP contribution in [-0.4, -0.2) is 40.9 Å². The maximum absolute atomic E-state index is 13.6. The molecule has 0 radical (unpaired) electrons. The molecule has 4 unspecified atom stereocenters. The lowest BCUT2D eigenvalue weighted by Gasteiger charge is -2.30. The van der Waals surface area contributed by atoms with Gasteiger partial charge in [-0.1, -0.05) is 26.2 Å². The number of carbonyl (C=O) groups is 3. The Bertz CT molecular complexity index is 439. The summed E-state index contributed by atoms with van der Waals surface area (Å²) in [5.74, 6) is -5.54. The molecule has 6 nitrogen and oxygen atoms in total. The summed E-state index contributed by atoms with van der Waals surface area (Å²) >= 11 is 0. The van der Waals surface area contributed by atoms with Crippen molar-refractivity contribution in [1.82, 2.24) is 0 Å². The van der Waals surface area contributed by atoms with Crippen molar-refractivity contribution in [2.24, 2.45) is 17.8 Å². The molecule has 1 aliphatic rings. The summed E-state index contributed by atoms with van der Waals surface area (Å²) in [6, 6.07) is 0. The molecule has 24 heavy (non-hydrogen) atoms. The minimum atomic E-state index is -1.19. The van der Waals surface area contributed by atoms with Gasteiger partial charge in [0.25, 0.3) is 0 Å². The lowest BCUT2D eigenvalue weighted by molar-refractivity contribution is -0.163. The second-order valence-electron chi connectivity index (χ2n) is 6.45. The highest BCUT2D eigenvalue weighted by Gasteiger charge is 2.42. The van der Waals surface area contributed by atoms with Crippen molar-refractivity contribution in [1.29, 1.82) is 0 Å². The third kappa shape index (κ3) is 6.45. The molecule has 0 saturated heterocycles. The van der Waals surface area contributed by atoms with Crippen LogP contribution < -0.4 is 0 Å². The van der Waals surface area contributed by atoms with E-state index in [-0.39, 0.29) is 32.3 Å². The number of aliphatic carboxylic acids is 2. The van der Waals surface area contributed by atoms with Crippen LogP contribution in [0.4, 0.5) is 4.39 Å². The predicted octanol–water partition coefficient (Wildman–Crippen LogP) is 3.04. The van der Waals surface area contributed by atoms with Crippen molar-refractivity contribution >= 4 is 17.9 Å². The molecule has 1 aliphatic carbocycles. The molecule has 7 heteroatoms. The van der Waals surface area contributed by atoms with Gasteiger partial charge in [0.15, 0.2) is 0 Å². The Morgan fingerprint density at radius 1 is 1.08 bits per heavy atom. The molecule has 0 aromatic carbocycles. The van der Waals surface area contributed by atoms with Crippen LogP contribution in [0.25, 0.3) is 0 Å². The van der Waals surface area contributed by atoms with Gasteiger partial charge in [0.05, 0.1) is 24.4 Å². The van der Waals surface area contributed by atoms with E-state index in [4.69, 9.17) is 9.84 Å². The fraction of sp³-hybridized carbons (Fsp3) is 0.824. The molecule has 0 aliphatic heterocycles. The molecule has 0 aromatic rings. The van der Waals surface area contributed by atoms with Gasteiger partial charge >= 0.3 is 17.9 Å². The van der Waals surface area contributed by atoms with Crippen LogP contribution in [0.2, 0.25) is 0 Å². The Balaban J connectivity index is 2.42. The van der Waals surface area contributed by atoms with Gasteiger partial charge < -0.3 is 14.9 Å². The van der Waals surface area contributed by atoms with E-state index in [0.717, 1.165) is 19.3 Å². The number of unbranched alkanes of at least 4 members (excludes halogenated alkanes) is 2. The van der Waals surface area contributed by atoms with Gasteiger partial charge in [-0.05, 0) is 25.7 Å². The first-order chi connectivity index (χ1) is 11.4. The van der Waals surface area contributed by atoms with Crippen molar-refractivity contribution < 1.29 is 33.7 Å².